The summed E-state index contributed by atoms with van der Waals surface area (Å²) in [6.07, 6.45) is 5.45. The minimum absolute atomic E-state index is 0.0152. The van der Waals surface area contributed by atoms with Gasteiger partial charge in [0.15, 0.2) is 0 Å². The Labute approximate surface area is 228 Å². The van der Waals surface area contributed by atoms with Crippen LogP contribution in [0.2, 0.25) is 0 Å². The summed E-state index contributed by atoms with van der Waals surface area (Å²) in [5.41, 5.74) is 6.54. The van der Waals surface area contributed by atoms with E-state index >= 15 is 0 Å². The minimum Gasteiger partial charge on any atom is -0.461 e. The van der Waals surface area contributed by atoms with E-state index in [1.807, 2.05) is 37.4 Å². The van der Waals surface area contributed by atoms with Gasteiger partial charge in [-0.3, -0.25) is 14.8 Å². The van der Waals surface area contributed by atoms with Crippen LogP contribution in [-0.4, -0.2) is 88.1 Å². The third-order valence-electron chi connectivity index (χ3n) is 7.73. The van der Waals surface area contributed by atoms with E-state index < -0.39 is 0 Å². The molecule has 2 saturated heterocycles. The fraction of sp³-hybridized carbons (Fsp3) is 0.400. The number of esters is 1. The van der Waals surface area contributed by atoms with Gasteiger partial charge in [-0.25, -0.2) is 4.98 Å². The van der Waals surface area contributed by atoms with Gasteiger partial charge < -0.3 is 24.8 Å². The molecule has 0 bridgehead atoms. The van der Waals surface area contributed by atoms with Crippen LogP contribution in [0.3, 0.4) is 0 Å². The maximum atomic E-state index is 12.6. The van der Waals surface area contributed by atoms with Gasteiger partial charge in [0, 0.05) is 49.4 Å². The number of benzene rings is 1. The van der Waals surface area contributed by atoms with Crippen LogP contribution in [0.1, 0.15) is 18.5 Å². The van der Waals surface area contributed by atoms with Crippen molar-refractivity contribution in [2.24, 2.45) is 5.92 Å². The molecule has 2 atom stereocenters. The maximum absolute atomic E-state index is 12.6. The van der Waals surface area contributed by atoms with Crippen molar-refractivity contribution >= 4 is 22.6 Å². The summed E-state index contributed by atoms with van der Waals surface area (Å²) >= 11 is 0. The van der Waals surface area contributed by atoms with E-state index in [0.29, 0.717) is 0 Å². The second-order valence-electron chi connectivity index (χ2n) is 10.7. The Balaban J connectivity index is 1.07. The molecule has 5 heterocycles. The number of pyridine rings is 2. The molecular weight excluding hydrogens is 490 g/mol. The molecule has 0 radical (unpaired) electrons. The van der Waals surface area contributed by atoms with Gasteiger partial charge in [-0.05, 0) is 63.7 Å². The van der Waals surface area contributed by atoms with Crippen LogP contribution in [0.15, 0.2) is 55.0 Å². The smallest absolute Gasteiger partial charge is 0.310 e. The fourth-order valence-electron chi connectivity index (χ4n) is 5.60. The molecule has 4 aromatic rings. The van der Waals surface area contributed by atoms with Crippen LogP contribution in [0.4, 0.5) is 5.69 Å². The quantitative estimate of drug-likeness (QED) is 0.334. The Morgan fingerprint density at radius 2 is 2.05 bits per heavy atom. The van der Waals surface area contributed by atoms with Crippen LogP contribution in [0.25, 0.3) is 33.5 Å². The van der Waals surface area contributed by atoms with E-state index in [-0.39, 0.29) is 18.0 Å². The first-order chi connectivity index (χ1) is 19.0. The molecule has 0 spiro atoms. The third kappa shape index (κ3) is 5.79. The molecule has 39 heavy (non-hydrogen) atoms. The van der Waals surface area contributed by atoms with E-state index in [9.17, 15) is 4.79 Å². The number of anilines is 1. The number of hydrogen-bond acceptors (Lipinski definition) is 8. The highest BCUT2D eigenvalue weighted by atomic mass is 16.5. The Hall–Kier alpha value is -3.82. The average Bonchev–Trinajstić information content (AvgIpc) is 3.70. The molecule has 202 valence electrons. The zero-order valence-corrected chi connectivity index (χ0v) is 22.6. The van der Waals surface area contributed by atoms with Crippen molar-refractivity contribution in [1.82, 2.24) is 29.7 Å². The number of aromatic nitrogens is 4. The van der Waals surface area contributed by atoms with Gasteiger partial charge in [0.05, 0.1) is 46.7 Å². The second kappa shape index (κ2) is 11.1. The van der Waals surface area contributed by atoms with E-state index in [4.69, 9.17) is 4.74 Å². The number of aromatic amines is 1. The van der Waals surface area contributed by atoms with Crippen LogP contribution >= 0.6 is 0 Å². The van der Waals surface area contributed by atoms with Crippen molar-refractivity contribution in [1.29, 1.82) is 0 Å². The normalized spacial score (nSPS) is 20.1. The first-order valence-electron chi connectivity index (χ1n) is 13.7. The molecule has 0 amide bonds. The third-order valence-corrected chi connectivity index (χ3v) is 7.73. The number of rotatable bonds is 8. The first kappa shape index (κ1) is 25.5. The Kier molecular flexibility index (Phi) is 7.26. The number of nitrogens with zero attached hydrogens (tertiary/aromatic N) is 5. The number of likely N-dealkylation sites (tertiary alicyclic amines) is 2. The van der Waals surface area contributed by atoms with E-state index in [1.165, 1.54) is 0 Å². The summed E-state index contributed by atoms with van der Waals surface area (Å²) in [5.74, 6) is -0.0443. The fourth-order valence-corrected chi connectivity index (χ4v) is 5.60. The van der Waals surface area contributed by atoms with Gasteiger partial charge in [0.1, 0.15) is 6.10 Å². The number of carbonyl (C=O) groups is 1. The maximum Gasteiger partial charge on any atom is 0.310 e. The highest BCUT2D eigenvalue weighted by molar-refractivity contribution is 5.88. The van der Waals surface area contributed by atoms with Gasteiger partial charge in [-0.15, -0.1) is 0 Å². The number of hydrogen-bond donors (Lipinski definition) is 2. The summed E-state index contributed by atoms with van der Waals surface area (Å²) in [7, 11) is 2.07. The Bertz CT molecular complexity index is 1470. The molecular formula is C30H35N7O2. The molecule has 9 heteroatoms. The number of fused-ring (bicyclic) bond motifs is 1. The second-order valence-corrected chi connectivity index (χ2v) is 10.7. The molecule has 2 N–H and O–H groups in total. The van der Waals surface area contributed by atoms with Crippen molar-refractivity contribution in [3.05, 3.63) is 60.7 Å². The van der Waals surface area contributed by atoms with Crippen LogP contribution in [0, 0.1) is 12.8 Å². The molecule has 3 aromatic heterocycles. The summed E-state index contributed by atoms with van der Waals surface area (Å²) in [5, 5.41) is 4.56. The lowest BCUT2D eigenvalue weighted by Gasteiger charge is -2.18. The number of imidazole rings is 1. The standard InChI is InChI=1S/C30H35N7O2/c1-20-4-3-5-27(35-20)29-28(33-19-34-29)21-6-7-26-23(14-21)15-24(16-32-26)31-10-13-37-12-8-22(17-37)30(38)39-25-9-11-36(2)18-25/h3-7,14-16,19,22,25,31H,8-13,17-18H2,1-2H3,(H,33,34)/t22?,25-/m1/s1. The Morgan fingerprint density at radius 3 is 2.90 bits per heavy atom. The van der Waals surface area contributed by atoms with Crippen molar-refractivity contribution in [2.75, 3.05) is 51.6 Å². The number of nitrogens with one attached hydrogen (secondary N) is 2. The predicted molar refractivity (Wildman–Crippen MR) is 152 cm³/mol. The molecule has 1 aromatic carbocycles. The molecule has 0 aliphatic carbocycles. The number of aryl methyl sites for hydroxylation is 1. The first-order valence-corrected chi connectivity index (χ1v) is 13.7. The lowest BCUT2D eigenvalue weighted by molar-refractivity contribution is -0.152. The topological polar surface area (TPSA) is 99.3 Å². The van der Waals surface area contributed by atoms with Crippen molar-refractivity contribution in [2.45, 2.75) is 25.9 Å². The lowest BCUT2D eigenvalue weighted by Crippen LogP contribution is -2.30. The van der Waals surface area contributed by atoms with Crippen molar-refractivity contribution < 1.29 is 9.53 Å². The van der Waals surface area contributed by atoms with Gasteiger partial charge in [0.25, 0.3) is 0 Å². The number of likely N-dealkylation sites (N-methyl/N-ethyl adjacent to an activating group) is 1. The summed E-state index contributed by atoms with van der Waals surface area (Å²) in [6, 6.07) is 14.3. The average molecular weight is 526 g/mol. The van der Waals surface area contributed by atoms with Crippen LogP contribution in [0.5, 0.6) is 0 Å². The monoisotopic (exact) mass is 525 g/mol. The lowest BCUT2D eigenvalue weighted by atomic mass is 10.0. The number of ether oxygens (including phenoxy) is 1. The summed E-state index contributed by atoms with van der Waals surface area (Å²) in [6.45, 7) is 7.18. The zero-order valence-electron chi connectivity index (χ0n) is 22.6. The molecule has 6 rings (SSSR count). The van der Waals surface area contributed by atoms with E-state index in [2.05, 4.69) is 60.3 Å². The molecule has 0 saturated carbocycles. The number of H-pyrrole nitrogens is 1. The van der Waals surface area contributed by atoms with Crippen LogP contribution in [-0.2, 0) is 9.53 Å². The molecule has 2 aliphatic rings. The van der Waals surface area contributed by atoms with Crippen molar-refractivity contribution in [3.8, 4) is 22.6 Å². The highest BCUT2D eigenvalue weighted by Crippen LogP contribution is 2.30. The Morgan fingerprint density at radius 1 is 1.13 bits per heavy atom. The number of carbonyl (C=O) groups excluding carboxylic acids is 1. The minimum atomic E-state index is -0.0291. The van der Waals surface area contributed by atoms with Crippen molar-refractivity contribution in [3.63, 3.8) is 0 Å². The van der Waals surface area contributed by atoms with Gasteiger partial charge in [0.2, 0.25) is 0 Å². The van der Waals surface area contributed by atoms with Crippen LogP contribution < -0.4 is 5.32 Å². The van der Waals surface area contributed by atoms with Gasteiger partial charge in [-0.1, -0.05) is 12.1 Å². The summed E-state index contributed by atoms with van der Waals surface area (Å²) in [4.78, 5) is 34.3. The highest BCUT2D eigenvalue weighted by Gasteiger charge is 2.32. The molecule has 9 nitrogen and oxygen atoms in total. The SMILES string of the molecule is Cc1cccc(-c2[nH]cnc2-c2ccc3ncc(NCCN4CCC(C(=O)O[C@@H]5CCN(C)C5)C4)cc3c2)n1. The zero-order chi connectivity index (χ0) is 26.8. The summed E-state index contributed by atoms with van der Waals surface area (Å²) < 4.78 is 5.76. The van der Waals surface area contributed by atoms with Gasteiger partial charge in [-0.2, -0.15) is 0 Å². The molecule has 2 fully saturated rings. The largest absolute Gasteiger partial charge is 0.461 e. The molecule has 1 unspecified atom stereocenters. The van der Waals surface area contributed by atoms with E-state index in [1.54, 1.807) is 6.33 Å². The predicted octanol–water partition coefficient (Wildman–Crippen LogP) is 3.98. The molecule has 2 aliphatic heterocycles. The van der Waals surface area contributed by atoms with Gasteiger partial charge >= 0.3 is 5.97 Å². The van der Waals surface area contributed by atoms with E-state index in [0.717, 1.165) is 97.0 Å².